The van der Waals surface area contributed by atoms with Crippen molar-refractivity contribution in [3.63, 3.8) is 0 Å². The van der Waals surface area contributed by atoms with Crippen molar-refractivity contribution in [3.05, 3.63) is 30.1 Å². The van der Waals surface area contributed by atoms with Gasteiger partial charge in [0.15, 0.2) is 0 Å². The molecule has 1 saturated heterocycles. The number of carbonyl (C=O) groups excluding carboxylic acids is 2. The van der Waals surface area contributed by atoms with E-state index in [1.807, 2.05) is 18.2 Å². The van der Waals surface area contributed by atoms with Gasteiger partial charge in [-0.25, -0.2) is 9.97 Å². The molecule has 1 aromatic heterocycles. The van der Waals surface area contributed by atoms with Crippen LogP contribution in [0.5, 0.6) is 5.75 Å². The lowest BCUT2D eigenvalue weighted by atomic mass is 10.0. The Kier molecular flexibility index (Phi) is 6.99. The van der Waals surface area contributed by atoms with Crippen LogP contribution >= 0.6 is 0 Å². The van der Waals surface area contributed by atoms with E-state index in [1.54, 1.807) is 18.2 Å². The molecular weight excluding hydrogens is 460 g/mol. The minimum absolute atomic E-state index is 0.0590. The van der Waals surface area contributed by atoms with Crippen LogP contribution in [0.1, 0.15) is 24.3 Å². The Hall–Kier alpha value is -3.73. The summed E-state index contributed by atoms with van der Waals surface area (Å²) in [5, 5.41) is 6.08. The number of nitrogens with one attached hydrogen (secondary N) is 2. The first kappa shape index (κ1) is 24.0. The molecule has 36 heavy (non-hydrogen) atoms. The van der Waals surface area contributed by atoms with Gasteiger partial charge >= 0.3 is 0 Å². The lowest BCUT2D eigenvalue weighted by molar-refractivity contribution is -0.130. The molecule has 11 heteroatoms. The number of amides is 2. The van der Waals surface area contributed by atoms with E-state index >= 15 is 0 Å². The summed E-state index contributed by atoms with van der Waals surface area (Å²) in [6, 6.07) is 5.88. The van der Waals surface area contributed by atoms with Gasteiger partial charge < -0.3 is 30.1 Å². The van der Waals surface area contributed by atoms with E-state index < -0.39 is 5.92 Å². The van der Waals surface area contributed by atoms with Gasteiger partial charge in [0, 0.05) is 65.0 Å². The molecule has 5 rings (SSSR count). The van der Waals surface area contributed by atoms with Crippen LogP contribution in [0.4, 0.5) is 23.0 Å². The van der Waals surface area contributed by atoms with Gasteiger partial charge in [0.2, 0.25) is 11.8 Å². The van der Waals surface area contributed by atoms with Crippen molar-refractivity contribution < 1.29 is 14.3 Å². The van der Waals surface area contributed by atoms with Crippen LogP contribution in [0.2, 0.25) is 0 Å². The minimum atomic E-state index is -0.625. The van der Waals surface area contributed by atoms with E-state index in [0.29, 0.717) is 55.4 Å². The molecule has 2 bridgehead atoms. The van der Waals surface area contributed by atoms with Crippen molar-refractivity contribution in [2.24, 2.45) is 4.99 Å². The topological polar surface area (TPSA) is 115 Å². The number of piperazine rings is 1. The summed E-state index contributed by atoms with van der Waals surface area (Å²) < 4.78 is 6.20. The Bertz CT molecular complexity index is 1160. The average molecular weight is 493 g/mol. The number of benzene rings is 1. The van der Waals surface area contributed by atoms with Crippen LogP contribution in [-0.4, -0.2) is 97.8 Å². The molecule has 2 aromatic rings. The maximum atomic E-state index is 12.8. The second-order valence-electron chi connectivity index (χ2n) is 9.37. The molecule has 1 fully saturated rings. The van der Waals surface area contributed by atoms with Gasteiger partial charge in [0.25, 0.3) is 0 Å². The van der Waals surface area contributed by atoms with Crippen molar-refractivity contribution in [3.8, 4) is 5.75 Å². The highest BCUT2D eigenvalue weighted by molar-refractivity contribution is 6.13. The van der Waals surface area contributed by atoms with Crippen molar-refractivity contribution >= 4 is 41.0 Å². The monoisotopic (exact) mass is 492 g/mol. The Balaban J connectivity index is 1.47. The molecule has 11 nitrogen and oxygen atoms in total. The van der Waals surface area contributed by atoms with E-state index in [4.69, 9.17) is 4.74 Å². The molecule has 3 aliphatic heterocycles. The molecule has 0 aliphatic carbocycles. The number of likely N-dealkylation sites (N-methyl/N-ethyl adjacent to an activating group) is 2. The molecule has 1 atom stereocenters. The summed E-state index contributed by atoms with van der Waals surface area (Å²) in [5.41, 5.74) is 2.37. The number of hydrogen-bond donors (Lipinski definition) is 2. The Morgan fingerprint density at radius 3 is 2.67 bits per heavy atom. The molecule has 4 heterocycles. The summed E-state index contributed by atoms with van der Waals surface area (Å²) in [5.74, 6) is 1.01. The predicted octanol–water partition coefficient (Wildman–Crippen LogP) is 1.71. The minimum Gasteiger partial charge on any atom is -0.491 e. The molecule has 3 aliphatic rings. The van der Waals surface area contributed by atoms with Crippen molar-refractivity contribution in [1.29, 1.82) is 0 Å². The van der Waals surface area contributed by atoms with E-state index in [0.717, 1.165) is 37.6 Å². The predicted molar refractivity (Wildman–Crippen MR) is 139 cm³/mol. The fourth-order valence-electron chi connectivity index (χ4n) is 4.63. The SMILES string of the molecule is CN1CCN(c2ccc3cc2OCCCC(=O)N(C)CCNc2ncnc4c2C(C=N3)C(=O)N4)CC1. The molecule has 0 radical (unpaired) electrons. The Morgan fingerprint density at radius 1 is 1.03 bits per heavy atom. The third kappa shape index (κ3) is 5.11. The van der Waals surface area contributed by atoms with E-state index in [9.17, 15) is 9.59 Å². The van der Waals surface area contributed by atoms with Crippen LogP contribution in [0.15, 0.2) is 29.5 Å². The van der Waals surface area contributed by atoms with Crippen molar-refractivity contribution in [2.75, 3.05) is 75.5 Å². The first-order valence-corrected chi connectivity index (χ1v) is 12.4. The second kappa shape index (κ2) is 10.5. The maximum Gasteiger partial charge on any atom is 0.238 e. The number of aromatic nitrogens is 2. The number of nitrogens with zero attached hydrogens (tertiary/aromatic N) is 6. The van der Waals surface area contributed by atoms with Crippen molar-refractivity contribution in [2.45, 2.75) is 18.8 Å². The largest absolute Gasteiger partial charge is 0.491 e. The van der Waals surface area contributed by atoms with Crippen LogP contribution < -0.4 is 20.3 Å². The van der Waals surface area contributed by atoms with Gasteiger partial charge in [0.05, 0.1) is 23.5 Å². The number of anilines is 3. The van der Waals surface area contributed by atoms with Gasteiger partial charge in [-0.15, -0.1) is 0 Å². The zero-order chi connectivity index (χ0) is 25.1. The van der Waals surface area contributed by atoms with Crippen LogP contribution in [0.25, 0.3) is 0 Å². The summed E-state index contributed by atoms with van der Waals surface area (Å²) in [6.07, 6.45) is 4.08. The first-order valence-electron chi connectivity index (χ1n) is 12.4. The van der Waals surface area contributed by atoms with Gasteiger partial charge in [-0.2, -0.15) is 0 Å². The lowest BCUT2D eigenvalue weighted by Gasteiger charge is -2.35. The zero-order valence-electron chi connectivity index (χ0n) is 20.7. The molecule has 2 N–H and O–H groups in total. The van der Waals surface area contributed by atoms with E-state index in [1.165, 1.54) is 6.33 Å². The van der Waals surface area contributed by atoms with Gasteiger partial charge in [-0.05, 0) is 25.6 Å². The molecule has 190 valence electrons. The molecule has 0 spiro atoms. The maximum absolute atomic E-state index is 12.8. The fourth-order valence-corrected chi connectivity index (χ4v) is 4.63. The Labute approximate surface area is 210 Å². The first-order chi connectivity index (χ1) is 17.5. The van der Waals surface area contributed by atoms with Gasteiger partial charge in [-0.3, -0.25) is 14.6 Å². The molecular formula is C25H32N8O3. The number of rotatable bonds is 1. The highest BCUT2D eigenvalue weighted by atomic mass is 16.5. The second-order valence-corrected chi connectivity index (χ2v) is 9.37. The van der Waals surface area contributed by atoms with Crippen LogP contribution in [-0.2, 0) is 9.59 Å². The number of carbonyl (C=O) groups is 2. The molecule has 1 aromatic carbocycles. The fraction of sp³-hybridized carbons (Fsp3) is 0.480. The molecule has 2 amide bonds. The standard InChI is InChI=1S/C25H32N8O3/c1-31-9-11-33(12-10-31)19-6-5-17-14-20(19)36-13-3-4-21(34)32(2)8-7-26-23-22-18(15-27-17)25(35)30-24(22)29-16-28-23/h5-6,14-16,18H,3-4,7-13H2,1-2H3,(H2,26,28,29,30,35). The van der Waals surface area contributed by atoms with Crippen LogP contribution in [0.3, 0.4) is 0 Å². The number of hydrogen-bond acceptors (Lipinski definition) is 9. The quantitative estimate of drug-likeness (QED) is 0.618. The third-order valence-corrected chi connectivity index (χ3v) is 6.84. The number of ether oxygens (including phenoxy) is 1. The normalized spacial score (nSPS) is 21.3. The molecule has 0 saturated carbocycles. The van der Waals surface area contributed by atoms with Gasteiger partial charge in [-0.1, -0.05) is 0 Å². The lowest BCUT2D eigenvalue weighted by Crippen LogP contribution is -2.44. The number of aliphatic imine (C=N–C) groups is 1. The highest BCUT2D eigenvalue weighted by Gasteiger charge is 2.34. The third-order valence-electron chi connectivity index (χ3n) is 6.84. The number of fused-ring (bicyclic) bond motifs is 2. The summed E-state index contributed by atoms with van der Waals surface area (Å²) >= 11 is 0. The average Bonchev–Trinajstić information content (AvgIpc) is 3.21. The Morgan fingerprint density at radius 2 is 1.83 bits per heavy atom. The van der Waals surface area contributed by atoms with Gasteiger partial charge in [0.1, 0.15) is 29.6 Å². The van der Waals surface area contributed by atoms with Crippen molar-refractivity contribution in [1.82, 2.24) is 19.8 Å². The zero-order valence-corrected chi connectivity index (χ0v) is 20.7. The highest BCUT2D eigenvalue weighted by Crippen LogP contribution is 2.36. The summed E-state index contributed by atoms with van der Waals surface area (Å²) in [4.78, 5) is 44.9. The molecule has 1 unspecified atom stereocenters. The van der Waals surface area contributed by atoms with Crippen LogP contribution in [0, 0.1) is 0 Å². The summed E-state index contributed by atoms with van der Waals surface area (Å²) in [7, 11) is 3.92. The van der Waals surface area contributed by atoms with E-state index in [-0.39, 0.29) is 11.8 Å². The smallest absolute Gasteiger partial charge is 0.238 e. The summed E-state index contributed by atoms with van der Waals surface area (Å²) in [6.45, 7) is 5.22. The van der Waals surface area contributed by atoms with E-state index in [2.05, 4.69) is 42.4 Å².